The normalized spacial score (nSPS) is 10.7. The maximum absolute atomic E-state index is 6.16. The average molecular weight is 341 g/mol. The minimum Gasteiger partial charge on any atom is -0.398 e. The number of anilines is 1. The largest absolute Gasteiger partial charge is 0.398 e. The van der Waals surface area contributed by atoms with Crippen LogP contribution in [0.15, 0.2) is 24.3 Å². The maximum Gasteiger partial charge on any atom is 0.0785 e. The van der Waals surface area contributed by atoms with Crippen LogP contribution in [0.5, 0.6) is 0 Å². The van der Waals surface area contributed by atoms with Gasteiger partial charge in [-0.3, -0.25) is 0 Å². The lowest BCUT2D eigenvalue weighted by Gasteiger charge is -2.11. The van der Waals surface area contributed by atoms with Gasteiger partial charge in [0.15, 0.2) is 0 Å². The Balaban J connectivity index is 2.71. The van der Waals surface area contributed by atoms with Gasteiger partial charge >= 0.3 is 0 Å². The molecule has 94 valence electrons. The van der Waals surface area contributed by atoms with Gasteiger partial charge in [-0.2, -0.15) is 0 Å². The molecule has 0 spiro atoms. The van der Waals surface area contributed by atoms with Crippen LogP contribution in [0, 0.1) is 0 Å². The fourth-order valence-corrected chi connectivity index (χ4v) is 2.78. The van der Waals surface area contributed by atoms with Gasteiger partial charge in [-0.25, -0.2) is 0 Å². The Morgan fingerprint density at radius 2 is 1.39 bits per heavy atom. The summed E-state index contributed by atoms with van der Waals surface area (Å²) < 4.78 is 0. The third kappa shape index (κ3) is 2.52. The van der Waals surface area contributed by atoms with Crippen LogP contribution >= 0.6 is 58.0 Å². The van der Waals surface area contributed by atoms with Crippen molar-refractivity contribution in [1.29, 1.82) is 0 Å². The van der Waals surface area contributed by atoms with Crippen molar-refractivity contribution < 1.29 is 0 Å². The van der Waals surface area contributed by atoms with E-state index in [9.17, 15) is 0 Å². The van der Waals surface area contributed by atoms with Crippen molar-refractivity contribution in [2.75, 3.05) is 5.73 Å². The van der Waals surface area contributed by atoms with Crippen molar-refractivity contribution >= 4 is 63.7 Å². The Hall–Kier alpha value is -0.310. The average Bonchev–Trinajstić information content (AvgIpc) is 2.31. The van der Waals surface area contributed by atoms with Crippen LogP contribution in [0.25, 0.3) is 11.1 Å². The Morgan fingerprint density at radius 3 is 2.00 bits per heavy atom. The molecular formula is C12H6Cl5N. The van der Waals surface area contributed by atoms with Gasteiger partial charge < -0.3 is 5.73 Å². The molecule has 18 heavy (non-hydrogen) atoms. The van der Waals surface area contributed by atoms with Gasteiger partial charge in [0.25, 0.3) is 0 Å². The smallest absolute Gasteiger partial charge is 0.0785 e. The molecule has 0 unspecified atom stereocenters. The van der Waals surface area contributed by atoms with Crippen molar-refractivity contribution in [3.63, 3.8) is 0 Å². The molecule has 0 amide bonds. The number of hydrogen-bond acceptors (Lipinski definition) is 1. The highest BCUT2D eigenvalue weighted by Gasteiger charge is 2.15. The third-order valence-electron chi connectivity index (χ3n) is 2.40. The summed E-state index contributed by atoms with van der Waals surface area (Å²) in [4.78, 5) is 0. The molecule has 0 aliphatic carbocycles. The Morgan fingerprint density at radius 1 is 0.722 bits per heavy atom. The molecule has 1 nitrogen and oxygen atoms in total. The third-order valence-corrected chi connectivity index (χ3v) is 4.30. The highest BCUT2D eigenvalue weighted by Crippen LogP contribution is 2.43. The number of halogens is 5. The summed E-state index contributed by atoms with van der Waals surface area (Å²) in [7, 11) is 0. The standard InChI is InChI=1S/C12H6Cl5N/c13-6-2-1-5(3-9(6)18)10-7(14)4-8(15)11(16)12(10)17/h1-4H,18H2. The van der Waals surface area contributed by atoms with E-state index in [4.69, 9.17) is 63.7 Å². The molecule has 6 heteroatoms. The van der Waals surface area contributed by atoms with E-state index in [1.165, 1.54) is 6.07 Å². The lowest BCUT2D eigenvalue weighted by Crippen LogP contribution is -1.89. The molecule has 2 N–H and O–H groups in total. The van der Waals surface area contributed by atoms with E-state index in [-0.39, 0.29) is 10.0 Å². The van der Waals surface area contributed by atoms with Crippen molar-refractivity contribution in [1.82, 2.24) is 0 Å². The number of hydrogen-bond donors (Lipinski definition) is 1. The molecule has 0 aromatic heterocycles. The number of rotatable bonds is 1. The van der Waals surface area contributed by atoms with E-state index in [0.717, 1.165) is 5.56 Å². The van der Waals surface area contributed by atoms with Gasteiger partial charge in [0.1, 0.15) is 0 Å². The summed E-state index contributed by atoms with van der Waals surface area (Å²) in [6.07, 6.45) is 0. The van der Waals surface area contributed by atoms with E-state index in [1.54, 1.807) is 18.2 Å². The maximum atomic E-state index is 6.16. The number of benzene rings is 2. The highest BCUT2D eigenvalue weighted by molar-refractivity contribution is 6.51. The van der Waals surface area contributed by atoms with Crippen molar-refractivity contribution in [3.05, 3.63) is 49.4 Å². The molecule has 0 atom stereocenters. The molecular weight excluding hydrogens is 335 g/mol. The van der Waals surface area contributed by atoms with Gasteiger partial charge in [-0.1, -0.05) is 64.1 Å². The van der Waals surface area contributed by atoms with Crippen LogP contribution in [0.3, 0.4) is 0 Å². The zero-order valence-electron chi connectivity index (χ0n) is 8.78. The first-order chi connectivity index (χ1) is 8.41. The van der Waals surface area contributed by atoms with E-state index < -0.39 is 0 Å². The molecule has 2 aromatic rings. The summed E-state index contributed by atoms with van der Waals surface area (Å²) in [5, 5.41) is 1.71. The first-order valence-electron chi connectivity index (χ1n) is 4.80. The minimum absolute atomic E-state index is 0.256. The van der Waals surface area contributed by atoms with Crippen molar-refractivity contribution in [3.8, 4) is 11.1 Å². The van der Waals surface area contributed by atoms with Gasteiger partial charge in [0, 0.05) is 5.56 Å². The Bertz CT molecular complexity index is 624. The molecule has 0 fully saturated rings. The number of nitrogens with two attached hydrogens (primary N) is 1. The molecule has 2 aromatic carbocycles. The van der Waals surface area contributed by atoms with E-state index in [0.29, 0.717) is 26.3 Å². The lowest BCUT2D eigenvalue weighted by molar-refractivity contribution is 1.61. The monoisotopic (exact) mass is 339 g/mol. The Kier molecular flexibility index (Phi) is 4.20. The van der Waals surface area contributed by atoms with Gasteiger partial charge in [-0.15, -0.1) is 0 Å². The SMILES string of the molecule is Nc1cc(-c2c(Cl)cc(Cl)c(Cl)c2Cl)ccc1Cl. The summed E-state index contributed by atoms with van der Waals surface area (Å²) in [6.45, 7) is 0. The number of nitrogen functional groups attached to an aromatic ring is 1. The summed E-state index contributed by atoms with van der Waals surface area (Å²) in [5.74, 6) is 0. The van der Waals surface area contributed by atoms with E-state index in [2.05, 4.69) is 0 Å². The van der Waals surface area contributed by atoms with Gasteiger partial charge in [0.05, 0.1) is 30.8 Å². The van der Waals surface area contributed by atoms with Gasteiger partial charge in [0.2, 0.25) is 0 Å². The quantitative estimate of drug-likeness (QED) is 0.373. The second kappa shape index (κ2) is 5.36. The van der Waals surface area contributed by atoms with Crippen LogP contribution in [0.1, 0.15) is 0 Å². The van der Waals surface area contributed by atoms with E-state index >= 15 is 0 Å². The molecule has 2 rings (SSSR count). The fraction of sp³-hybridized carbons (Fsp3) is 0. The van der Waals surface area contributed by atoms with Crippen LogP contribution in [0.4, 0.5) is 5.69 Å². The lowest BCUT2D eigenvalue weighted by atomic mass is 10.0. The first kappa shape index (κ1) is 14.1. The molecule has 0 saturated carbocycles. The van der Waals surface area contributed by atoms with Crippen molar-refractivity contribution in [2.24, 2.45) is 0 Å². The zero-order chi connectivity index (χ0) is 13.4. The second-order valence-corrected chi connectivity index (χ2v) is 5.56. The van der Waals surface area contributed by atoms with Crippen LogP contribution in [-0.4, -0.2) is 0 Å². The predicted molar refractivity (Wildman–Crippen MR) is 81.3 cm³/mol. The Labute approximate surface area is 129 Å². The zero-order valence-corrected chi connectivity index (χ0v) is 12.6. The molecule has 0 aliphatic rings. The predicted octanol–water partition coefficient (Wildman–Crippen LogP) is 6.20. The molecule has 0 bridgehead atoms. The van der Waals surface area contributed by atoms with E-state index in [1.807, 2.05) is 0 Å². The first-order valence-corrected chi connectivity index (χ1v) is 6.69. The molecule has 0 heterocycles. The topological polar surface area (TPSA) is 26.0 Å². The van der Waals surface area contributed by atoms with Crippen molar-refractivity contribution in [2.45, 2.75) is 0 Å². The van der Waals surface area contributed by atoms with Crippen LogP contribution in [0.2, 0.25) is 25.1 Å². The molecule has 0 saturated heterocycles. The highest BCUT2D eigenvalue weighted by atomic mass is 35.5. The minimum atomic E-state index is 0.256. The summed E-state index contributed by atoms with van der Waals surface area (Å²) in [6, 6.07) is 6.65. The van der Waals surface area contributed by atoms with Crippen LogP contribution in [-0.2, 0) is 0 Å². The summed E-state index contributed by atoms with van der Waals surface area (Å²) >= 11 is 30.0. The molecule has 0 radical (unpaired) electrons. The van der Waals surface area contributed by atoms with Gasteiger partial charge in [-0.05, 0) is 23.8 Å². The fourth-order valence-electron chi connectivity index (χ4n) is 1.53. The second-order valence-electron chi connectivity index (χ2n) is 3.58. The molecule has 0 aliphatic heterocycles. The summed E-state index contributed by atoms with van der Waals surface area (Å²) in [5.41, 5.74) is 7.49. The van der Waals surface area contributed by atoms with Crippen LogP contribution < -0.4 is 5.73 Å².